The number of imide groups is 1. The first-order valence-electron chi connectivity index (χ1n) is 21.9. The lowest BCUT2D eigenvalue weighted by Crippen LogP contribution is -2.53. The molecule has 15 nitrogen and oxygen atoms in total. The van der Waals surface area contributed by atoms with Crippen LogP contribution in [0, 0.1) is 5.82 Å². The van der Waals surface area contributed by atoms with E-state index in [9.17, 15) is 18.5 Å². The van der Waals surface area contributed by atoms with Gasteiger partial charge < -0.3 is 34.5 Å². The zero-order chi connectivity index (χ0) is 45.0. The molecule has 3 aromatic carbocycles. The molecular formula is C46H55BrFN10O5P. The van der Waals surface area contributed by atoms with Crippen molar-refractivity contribution in [3.63, 3.8) is 0 Å². The van der Waals surface area contributed by atoms with Crippen molar-refractivity contribution < 1.29 is 28.0 Å². The average Bonchev–Trinajstić information content (AvgIpc) is 3.29. The molecule has 1 unspecified atom stereocenters. The second kappa shape index (κ2) is 19.9. The third kappa shape index (κ3) is 10.3. The first-order valence-corrected chi connectivity index (χ1v) is 25.3. The maximum atomic E-state index is 14.9. The molecule has 0 bridgehead atoms. The van der Waals surface area contributed by atoms with Gasteiger partial charge in [-0.15, -0.1) is 0 Å². The molecular weight excluding hydrogens is 902 g/mol. The van der Waals surface area contributed by atoms with Crippen LogP contribution in [0.25, 0.3) is 11.0 Å². The van der Waals surface area contributed by atoms with Gasteiger partial charge in [0.05, 0.1) is 46.3 Å². The van der Waals surface area contributed by atoms with Gasteiger partial charge in [-0.25, -0.2) is 9.37 Å². The highest BCUT2D eigenvalue weighted by atomic mass is 79.9. The van der Waals surface area contributed by atoms with Gasteiger partial charge >= 0.3 is 0 Å². The lowest BCUT2D eigenvalue weighted by Gasteiger charge is -2.43. The fourth-order valence-corrected chi connectivity index (χ4v) is 10.7. The first kappa shape index (κ1) is 45.4. The summed E-state index contributed by atoms with van der Waals surface area (Å²) in [7, 11) is -1.10. The zero-order valence-electron chi connectivity index (χ0n) is 36.7. The summed E-state index contributed by atoms with van der Waals surface area (Å²) in [4.78, 5) is 49.6. The minimum Gasteiger partial charge on any atom is -0.494 e. The highest BCUT2D eigenvalue weighted by Gasteiger charge is 2.31. The number of hydrogen-bond donors (Lipinski definition) is 3. The molecule has 8 rings (SSSR count). The Kier molecular flexibility index (Phi) is 14.1. The monoisotopic (exact) mass is 956 g/mol. The number of hydrogen-bond acceptors (Lipinski definition) is 14. The molecule has 18 heteroatoms. The number of halogens is 2. The molecule has 64 heavy (non-hydrogen) atoms. The number of nitrogens with zero attached hydrogens (tertiary/aromatic N) is 7. The largest absolute Gasteiger partial charge is 0.494 e. The summed E-state index contributed by atoms with van der Waals surface area (Å²) >= 11 is 3.59. The van der Waals surface area contributed by atoms with Crippen LogP contribution >= 0.6 is 23.1 Å². The Morgan fingerprint density at radius 2 is 1.72 bits per heavy atom. The topological polar surface area (TPSA) is 167 Å². The van der Waals surface area contributed by atoms with Crippen LogP contribution in [0.15, 0.2) is 65.5 Å². The molecule has 3 saturated heterocycles. The molecule has 5 aromatic rings. The third-order valence-corrected chi connectivity index (χ3v) is 14.5. The van der Waals surface area contributed by atoms with E-state index in [-0.39, 0.29) is 12.3 Å². The van der Waals surface area contributed by atoms with Crippen molar-refractivity contribution in [3.8, 4) is 11.5 Å². The van der Waals surface area contributed by atoms with E-state index in [4.69, 9.17) is 14.5 Å². The second-order valence-electron chi connectivity index (χ2n) is 16.9. The highest BCUT2D eigenvalue weighted by Crippen LogP contribution is 2.42. The van der Waals surface area contributed by atoms with Crippen LogP contribution < -0.4 is 35.6 Å². The van der Waals surface area contributed by atoms with Crippen molar-refractivity contribution in [2.45, 2.75) is 57.4 Å². The number of carbonyl (C=O) groups excluding carboxylic acids is 2. The molecule has 0 radical (unpaired) electrons. The average molecular weight is 958 g/mol. The molecule has 3 N–H and O–H groups in total. The standard InChI is InChI=1S/C46H55BrFN10O5P/c1-5-29-25-38(53-46-51-28-34(47)44(55-46)52-37-11-10-36-42(50-16-15-49-36)43(37)64(3,4)61)40(62-2)27-39(29)58-18-13-30(14-19-58)57-22-20-56(21-23-57)17-6-24-63-31-7-8-32(35(48)26-31)33-9-12-41(59)54-45(33)60/h7-8,10-11,15-16,25-28,30,33H,5-6,9,12-14,17-24H2,1-4H3,(H,54,59,60)(H2,51,52,53,55). The van der Waals surface area contributed by atoms with E-state index in [1.165, 1.54) is 17.3 Å². The number of ether oxygens (including phenoxy) is 2. The summed E-state index contributed by atoms with van der Waals surface area (Å²) in [6, 6.07) is 13.1. The summed E-state index contributed by atoms with van der Waals surface area (Å²) in [5, 5.41) is 9.68. The van der Waals surface area contributed by atoms with Crippen molar-refractivity contribution >= 4 is 80.1 Å². The number of methoxy groups -OCH3 is 1. The smallest absolute Gasteiger partial charge is 0.234 e. The van der Waals surface area contributed by atoms with Crippen LogP contribution in [-0.2, 0) is 20.6 Å². The van der Waals surface area contributed by atoms with Gasteiger partial charge in [0.25, 0.3) is 0 Å². The quantitative estimate of drug-likeness (QED) is 0.0548. The van der Waals surface area contributed by atoms with Crippen LogP contribution in [-0.4, -0.2) is 120 Å². The molecule has 3 aliphatic rings. The van der Waals surface area contributed by atoms with Crippen molar-refractivity contribution in [2.24, 2.45) is 0 Å². The number of anilines is 5. The van der Waals surface area contributed by atoms with E-state index < -0.39 is 24.8 Å². The van der Waals surface area contributed by atoms with E-state index >= 15 is 0 Å². The van der Waals surface area contributed by atoms with Gasteiger partial charge in [-0.3, -0.25) is 29.8 Å². The molecule has 5 heterocycles. The van der Waals surface area contributed by atoms with Crippen LogP contribution in [0.3, 0.4) is 0 Å². The van der Waals surface area contributed by atoms with E-state index in [0.29, 0.717) is 74.4 Å². The number of amides is 2. The predicted octanol–water partition coefficient (Wildman–Crippen LogP) is 7.20. The highest BCUT2D eigenvalue weighted by molar-refractivity contribution is 9.10. The number of aromatic nitrogens is 4. The molecule has 3 fully saturated rings. The van der Waals surface area contributed by atoms with Gasteiger partial charge in [0.15, 0.2) is 0 Å². The maximum absolute atomic E-state index is 14.9. The van der Waals surface area contributed by atoms with E-state index in [2.05, 4.69) is 80.6 Å². The summed E-state index contributed by atoms with van der Waals surface area (Å²) in [5.41, 5.74) is 5.35. The summed E-state index contributed by atoms with van der Waals surface area (Å²) in [5.74, 6) is 0.101. The fourth-order valence-electron chi connectivity index (χ4n) is 9.06. The van der Waals surface area contributed by atoms with Crippen molar-refractivity contribution in [1.29, 1.82) is 0 Å². The Labute approximate surface area is 381 Å². The van der Waals surface area contributed by atoms with Gasteiger partial charge in [-0.1, -0.05) is 13.0 Å². The lowest BCUT2D eigenvalue weighted by atomic mass is 9.90. The molecule has 0 aliphatic carbocycles. The van der Waals surface area contributed by atoms with Gasteiger partial charge in [0, 0.05) is 100 Å². The molecule has 1 atom stereocenters. The number of piperidine rings is 2. The van der Waals surface area contributed by atoms with Crippen LogP contribution in [0.1, 0.15) is 56.1 Å². The minimum absolute atomic E-state index is 0.207. The zero-order valence-corrected chi connectivity index (χ0v) is 39.2. The van der Waals surface area contributed by atoms with Crippen molar-refractivity contribution in [3.05, 3.63) is 82.5 Å². The SMILES string of the molecule is CCc1cc(Nc2ncc(Br)c(Nc3ccc4nccnc4c3P(C)(C)=O)n2)c(OC)cc1N1CCC(N2CCN(CCCOc3ccc(C4CCC(=O)NC4=O)c(F)c3)CC2)CC1. The summed E-state index contributed by atoms with van der Waals surface area (Å²) in [6.45, 7) is 13.0. The Morgan fingerprint density at radius 1 is 0.938 bits per heavy atom. The molecule has 3 aliphatic heterocycles. The minimum atomic E-state index is -2.78. The predicted molar refractivity (Wildman–Crippen MR) is 252 cm³/mol. The maximum Gasteiger partial charge on any atom is 0.234 e. The number of aryl methyl sites for hydroxylation is 1. The number of rotatable bonds is 15. The van der Waals surface area contributed by atoms with Gasteiger partial charge in [0.2, 0.25) is 17.8 Å². The number of nitrogens with one attached hydrogen (secondary N) is 3. The Balaban J connectivity index is 0.827. The first-order chi connectivity index (χ1) is 30.9. The number of piperazine rings is 1. The second-order valence-corrected chi connectivity index (χ2v) is 20.9. The van der Waals surface area contributed by atoms with Crippen LogP contribution in [0.5, 0.6) is 11.5 Å². The van der Waals surface area contributed by atoms with Gasteiger partial charge in [0.1, 0.15) is 35.8 Å². The Hall–Kier alpha value is -5.22. The number of carbonyl (C=O) groups is 2. The third-order valence-electron chi connectivity index (χ3n) is 12.4. The normalized spacial score (nSPS) is 18.0. The van der Waals surface area contributed by atoms with Gasteiger partial charge in [-0.2, -0.15) is 4.98 Å². The number of benzene rings is 3. The van der Waals surface area contributed by atoms with E-state index in [1.54, 1.807) is 51.2 Å². The Morgan fingerprint density at radius 3 is 2.44 bits per heavy atom. The van der Waals surface area contributed by atoms with Crippen LogP contribution in [0.4, 0.5) is 33.2 Å². The molecule has 2 aromatic heterocycles. The Bertz CT molecular complexity index is 2560. The molecule has 0 spiro atoms. The van der Waals surface area contributed by atoms with Crippen molar-refractivity contribution in [1.82, 2.24) is 35.1 Å². The summed E-state index contributed by atoms with van der Waals surface area (Å²) < 4.78 is 40.9. The molecule has 2 amide bonds. The molecule has 0 saturated carbocycles. The van der Waals surface area contributed by atoms with E-state index in [1.807, 2.05) is 12.1 Å². The summed E-state index contributed by atoms with van der Waals surface area (Å²) in [6.07, 6.45) is 9.25. The fraction of sp³-hybridized carbons (Fsp3) is 0.435. The van der Waals surface area contributed by atoms with Crippen LogP contribution in [0.2, 0.25) is 0 Å². The number of fused-ring (bicyclic) bond motifs is 1. The van der Waals surface area contributed by atoms with E-state index in [0.717, 1.165) is 77.2 Å². The van der Waals surface area contributed by atoms with Crippen molar-refractivity contribution in [2.75, 3.05) is 88.4 Å². The van der Waals surface area contributed by atoms with Gasteiger partial charge in [-0.05, 0) is 91.2 Å². The molecule has 338 valence electrons. The lowest BCUT2D eigenvalue weighted by molar-refractivity contribution is -0.134.